The predicted molar refractivity (Wildman–Crippen MR) is 58.5 cm³/mol. The van der Waals surface area contributed by atoms with Gasteiger partial charge in [-0.1, -0.05) is 30.3 Å². The summed E-state index contributed by atoms with van der Waals surface area (Å²) in [6.07, 6.45) is -0.398. The van der Waals surface area contributed by atoms with Gasteiger partial charge >= 0.3 is 6.03 Å². The molecule has 86 valence electrons. The molecule has 5 heteroatoms. The number of rotatable bonds is 4. The van der Waals surface area contributed by atoms with Crippen molar-refractivity contribution in [3.05, 3.63) is 35.9 Å². The van der Waals surface area contributed by atoms with Crippen molar-refractivity contribution in [2.24, 2.45) is 5.73 Å². The van der Waals surface area contributed by atoms with E-state index in [0.29, 0.717) is 6.42 Å². The van der Waals surface area contributed by atoms with Crippen molar-refractivity contribution in [1.29, 1.82) is 0 Å². The smallest absolute Gasteiger partial charge is 0.318 e. The average Bonchev–Trinajstić information content (AvgIpc) is 2.26. The molecule has 0 radical (unpaired) electrons. The van der Waals surface area contributed by atoms with Crippen molar-refractivity contribution in [1.82, 2.24) is 5.32 Å². The number of imide groups is 1. The Morgan fingerprint density at radius 1 is 1.31 bits per heavy atom. The summed E-state index contributed by atoms with van der Waals surface area (Å²) < 4.78 is 0. The Kier molecular flexibility index (Phi) is 4.47. The van der Waals surface area contributed by atoms with Gasteiger partial charge in [-0.3, -0.25) is 10.1 Å². The summed E-state index contributed by atoms with van der Waals surface area (Å²) in [7, 11) is 0. The number of hydrogen-bond donors (Lipinski definition) is 3. The molecule has 0 unspecified atom stereocenters. The summed E-state index contributed by atoms with van der Waals surface area (Å²) in [4.78, 5) is 21.5. The molecular formula is C11H14N2O3. The molecule has 0 spiro atoms. The molecule has 1 atom stereocenters. The van der Waals surface area contributed by atoms with Gasteiger partial charge in [0.25, 0.3) is 5.91 Å². The van der Waals surface area contributed by atoms with E-state index in [0.717, 1.165) is 5.56 Å². The zero-order valence-corrected chi connectivity index (χ0v) is 8.72. The highest BCUT2D eigenvalue weighted by atomic mass is 16.3. The van der Waals surface area contributed by atoms with Crippen molar-refractivity contribution in [2.75, 3.05) is 0 Å². The lowest BCUT2D eigenvalue weighted by molar-refractivity contribution is -0.128. The zero-order chi connectivity index (χ0) is 12.0. The zero-order valence-electron chi connectivity index (χ0n) is 8.72. The molecule has 0 bridgehead atoms. The standard InChI is InChI=1S/C11H14N2O3/c12-11(16)13-10(15)9(14)7-6-8-4-2-1-3-5-8/h1-5,9,14H,6-7H2,(H3,12,13,15,16)/t9-/m0/s1. The van der Waals surface area contributed by atoms with Crippen LogP contribution in [0, 0.1) is 0 Å². The van der Waals surface area contributed by atoms with Gasteiger partial charge in [0, 0.05) is 0 Å². The Morgan fingerprint density at radius 2 is 1.94 bits per heavy atom. The lowest BCUT2D eigenvalue weighted by atomic mass is 10.1. The van der Waals surface area contributed by atoms with Crippen molar-refractivity contribution >= 4 is 11.9 Å². The lowest BCUT2D eigenvalue weighted by Gasteiger charge is -2.08. The Labute approximate surface area is 93.3 Å². The highest BCUT2D eigenvalue weighted by Gasteiger charge is 2.15. The number of primary amides is 1. The normalized spacial score (nSPS) is 11.8. The molecule has 5 nitrogen and oxygen atoms in total. The van der Waals surface area contributed by atoms with Crippen molar-refractivity contribution in [2.45, 2.75) is 18.9 Å². The number of nitrogens with two attached hydrogens (primary N) is 1. The van der Waals surface area contributed by atoms with Crippen LogP contribution in [0.25, 0.3) is 0 Å². The van der Waals surface area contributed by atoms with Gasteiger partial charge in [-0.2, -0.15) is 0 Å². The summed E-state index contributed by atoms with van der Waals surface area (Å²) >= 11 is 0. The topological polar surface area (TPSA) is 92.4 Å². The summed E-state index contributed by atoms with van der Waals surface area (Å²) in [5.41, 5.74) is 5.78. The van der Waals surface area contributed by atoms with Crippen LogP contribution in [0.4, 0.5) is 4.79 Å². The first-order valence-corrected chi connectivity index (χ1v) is 4.92. The largest absolute Gasteiger partial charge is 0.383 e. The molecule has 1 rings (SSSR count). The van der Waals surface area contributed by atoms with Gasteiger partial charge in [0.2, 0.25) is 0 Å². The number of aliphatic hydroxyl groups excluding tert-OH is 1. The lowest BCUT2D eigenvalue weighted by Crippen LogP contribution is -2.41. The molecule has 4 N–H and O–H groups in total. The van der Waals surface area contributed by atoms with E-state index in [9.17, 15) is 14.7 Å². The summed E-state index contributed by atoms with van der Waals surface area (Å²) in [6, 6.07) is 8.50. The fourth-order valence-corrected chi connectivity index (χ4v) is 1.28. The molecule has 0 aromatic heterocycles. The number of nitrogens with one attached hydrogen (secondary N) is 1. The monoisotopic (exact) mass is 222 g/mol. The molecule has 0 aliphatic carbocycles. The first-order valence-electron chi connectivity index (χ1n) is 4.92. The van der Waals surface area contributed by atoms with Gasteiger partial charge in [0.15, 0.2) is 0 Å². The Hall–Kier alpha value is -1.88. The van der Waals surface area contributed by atoms with E-state index >= 15 is 0 Å². The Balaban J connectivity index is 2.38. The first kappa shape index (κ1) is 12.2. The molecule has 3 amide bonds. The molecule has 0 fully saturated rings. The SMILES string of the molecule is NC(=O)NC(=O)[C@@H](O)CCc1ccccc1. The van der Waals surface area contributed by atoms with Crippen molar-refractivity contribution in [3.63, 3.8) is 0 Å². The van der Waals surface area contributed by atoms with E-state index in [2.05, 4.69) is 0 Å². The number of hydrogen-bond acceptors (Lipinski definition) is 3. The maximum atomic E-state index is 11.1. The predicted octanol–water partition coefficient (Wildman–Crippen LogP) is 0.175. The minimum atomic E-state index is -1.22. The molecular weight excluding hydrogens is 208 g/mol. The molecule has 0 aliphatic heterocycles. The van der Waals surface area contributed by atoms with Gasteiger partial charge in [-0.05, 0) is 18.4 Å². The van der Waals surface area contributed by atoms with Crippen LogP contribution in [0.5, 0.6) is 0 Å². The second-order valence-corrected chi connectivity index (χ2v) is 3.39. The fraction of sp³-hybridized carbons (Fsp3) is 0.273. The minimum Gasteiger partial charge on any atom is -0.383 e. The van der Waals surface area contributed by atoms with Crippen LogP contribution in [-0.4, -0.2) is 23.1 Å². The molecule has 1 aromatic rings. The molecule has 0 saturated carbocycles. The Bertz CT molecular complexity index is 365. The van der Waals surface area contributed by atoms with E-state index in [-0.39, 0.29) is 6.42 Å². The van der Waals surface area contributed by atoms with Crippen LogP contribution in [0.1, 0.15) is 12.0 Å². The maximum absolute atomic E-state index is 11.1. The first-order chi connectivity index (χ1) is 7.59. The summed E-state index contributed by atoms with van der Waals surface area (Å²) in [5, 5.41) is 11.2. The van der Waals surface area contributed by atoms with Gasteiger partial charge in [0.05, 0.1) is 0 Å². The van der Waals surface area contributed by atoms with E-state index in [1.807, 2.05) is 35.6 Å². The van der Waals surface area contributed by atoms with E-state index in [4.69, 9.17) is 5.73 Å². The van der Waals surface area contributed by atoms with Crippen LogP contribution >= 0.6 is 0 Å². The third kappa shape index (κ3) is 4.10. The number of carbonyl (C=O) groups excluding carboxylic acids is 2. The Morgan fingerprint density at radius 3 is 2.50 bits per heavy atom. The number of carbonyl (C=O) groups is 2. The van der Waals surface area contributed by atoms with Gasteiger partial charge in [-0.15, -0.1) is 0 Å². The number of aliphatic hydroxyl groups is 1. The van der Waals surface area contributed by atoms with Crippen LogP contribution < -0.4 is 11.1 Å². The second-order valence-electron chi connectivity index (χ2n) is 3.39. The van der Waals surface area contributed by atoms with Crippen LogP contribution in [0.15, 0.2) is 30.3 Å². The summed E-state index contributed by atoms with van der Waals surface area (Å²) in [6.45, 7) is 0. The highest BCUT2D eigenvalue weighted by Crippen LogP contribution is 2.04. The van der Waals surface area contributed by atoms with Crippen molar-refractivity contribution < 1.29 is 14.7 Å². The van der Waals surface area contributed by atoms with E-state index in [1.54, 1.807) is 0 Å². The second kappa shape index (κ2) is 5.87. The fourth-order valence-electron chi connectivity index (χ4n) is 1.28. The third-order valence-corrected chi connectivity index (χ3v) is 2.10. The van der Waals surface area contributed by atoms with Gasteiger partial charge in [0.1, 0.15) is 6.10 Å². The summed E-state index contributed by atoms with van der Waals surface area (Å²) in [5.74, 6) is -0.761. The highest BCUT2D eigenvalue weighted by molar-refractivity contribution is 5.95. The number of benzene rings is 1. The average molecular weight is 222 g/mol. The molecule has 0 aliphatic rings. The van der Waals surface area contributed by atoms with Crippen LogP contribution in [0.2, 0.25) is 0 Å². The van der Waals surface area contributed by atoms with Crippen molar-refractivity contribution in [3.8, 4) is 0 Å². The van der Waals surface area contributed by atoms with Crippen LogP contribution in [-0.2, 0) is 11.2 Å². The van der Waals surface area contributed by atoms with Crippen LogP contribution in [0.3, 0.4) is 0 Å². The molecule has 0 saturated heterocycles. The van der Waals surface area contributed by atoms with Gasteiger partial charge < -0.3 is 10.8 Å². The van der Waals surface area contributed by atoms with Gasteiger partial charge in [-0.25, -0.2) is 4.79 Å². The number of urea groups is 1. The minimum absolute atomic E-state index is 0.253. The molecule has 1 aromatic carbocycles. The third-order valence-electron chi connectivity index (χ3n) is 2.10. The number of amides is 3. The van der Waals surface area contributed by atoms with E-state index in [1.165, 1.54) is 0 Å². The quantitative estimate of drug-likeness (QED) is 0.678. The van der Waals surface area contributed by atoms with E-state index < -0.39 is 18.0 Å². The molecule has 16 heavy (non-hydrogen) atoms. The number of aryl methyl sites for hydroxylation is 1. The molecule has 0 heterocycles. The maximum Gasteiger partial charge on any atom is 0.318 e.